The van der Waals surface area contributed by atoms with Crippen molar-refractivity contribution >= 4 is 38.9 Å². The topological polar surface area (TPSA) is 104 Å². The van der Waals surface area contributed by atoms with Crippen LogP contribution in [0.25, 0.3) is 0 Å². The minimum absolute atomic E-state index is 0.0809. The number of pyridine rings is 1. The number of rotatable bonds is 6. The molecule has 11 heteroatoms. The number of hydrogen-bond acceptors (Lipinski definition) is 7. The maximum absolute atomic E-state index is 13.8. The number of ether oxygens (including phenoxy) is 2. The van der Waals surface area contributed by atoms with Crippen LogP contribution in [-0.4, -0.2) is 75.5 Å². The second kappa shape index (κ2) is 15.6. The molecule has 2 fully saturated rings. The van der Waals surface area contributed by atoms with Gasteiger partial charge in [0.1, 0.15) is 38.9 Å². The minimum atomic E-state index is -2.48. The number of aliphatic hydroxyl groups is 1. The standard InChI is InChI=1S/C30H30B2N4O5.C3H8.C2H6/c31-30(32,39)36-26-16-21(35-18-29(19-35)11-14-40-15-12-29)8-6-20(26)7-9-24(28(36)38)34-27(37)25-17-23(10-13-33-25)41-22-4-2-1-3-5-22;1-3-2;1-2/h1-6,8,10,13,16-17,24,39H,7,9,11-12,14-15,18-19H2,(H,34,37);3H2,1-2H3;1-2H3. The molecule has 0 bridgehead atoms. The summed E-state index contributed by atoms with van der Waals surface area (Å²) >= 11 is 0. The molecule has 4 radical (unpaired) electrons. The van der Waals surface area contributed by atoms with E-state index in [9.17, 15) is 14.7 Å². The highest BCUT2D eigenvalue weighted by Crippen LogP contribution is 2.43. The van der Waals surface area contributed by atoms with Crippen molar-refractivity contribution in [3.63, 3.8) is 0 Å². The first-order valence-electron chi connectivity index (χ1n) is 16.2. The van der Waals surface area contributed by atoms with Gasteiger partial charge in [-0.05, 0) is 61.6 Å². The minimum Gasteiger partial charge on any atom is -0.457 e. The third kappa shape index (κ3) is 8.30. The van der Waals surface area contributed by atoms with Crippen LogP contribution in [0.15, 0.2) is 66.9 Å². The SMILES string of the molecule is CC.CCC.[B]C([B])(O)N1C(=O)C(NC(=O)c2cc(Oc3ccccc3)ccn2)CCc2ccc(N3CC4(CCOCC4)C3)cc21. The highest BCUT2D eigenvalue weighted by atomic mass is 16.5. The molecule has 9 nitrogen and oxygen atoms in total. The van der Waals surface area contributed by atoms with Gasteiger partial charge < -0.3 is 24.8 Å². The van der Waals surface area contributed by atoms with Gasteiger partial charge in [0.25, 0.3) is 11.8 Å². The number of fused-ring (bicyclic) bond motifs is 1. The number of carbonyl (C=O) groups excluding carboxylic acids is 2. The Morgan fingerprint density at radius 1 is 1.07 bits per heavy atom. The van der Waals surface area contributed by atoms with E-state index in [0.29, 0.717) is 23.6 Å². The van der Waals surface area contributed by atoms with Gasteiger partial charge in [-0.1, -0.05) is 58.4 Å². The van der Waals surface area contributed by atoms with Crippen LogP contribution in [-0.2, 0) is 16.0 Å². The lowest BCUT2D eigenvalue weighted by Gasteiger charge is -2.53. The number of aromatic nitrogens is 1. The van der Waals surface area contributed by atoms with Gasteiger partial charge in [0.15, 0.2) is 0 Å². The maximum Gasteiger partial charge on any atom is 0.270 e. The predicted octanol–water partition coefficient (Wildman–Crippen LogP) is 4.95. The van der Waals surface area contributed by atoms with E-state index in [1.807, 2.05) is 50.2 Å². The Bertz CT molecular complexity index is 1450. The Morgan fingerprint density at radius 3 is 2.39 bits per heavy atom. The molecule has 3 aromatic rings. The summed E-state index contributed by atoms with van der Waals surface area (Å²) in [5.74, 6) is -0.128. The first-order valence-corrected chi connectivity index (χ1v) is 16.2. The predicted molar refractivity (Wildman–Crippen MR) is 183 cm³/mol. The molecule has 240 valence electrons. The first-order chi connectivity index (χ1) is 22.1. The van der Waals surface area contributed by atoms with Gasteiger partial charge in [0, 0.05) is 49.7 Å². The van der Waals surface area contributed by atoms with Crippen molar-refractivity contribution in [3.05, 3.63) is 78.1 Å². The monoisotopic (exact) mass is 622 g/mol. The van der Waals surface area contributed by atoms with Crippen molar-refractivity contribution in [2.45, 2.75) is 71.4 Å². The van der Waals surface area contributed by atoms with E-state index < -0.39 is 23.4 Å². The number of aryl methyl sites for hydroxylation is 1. The second-order valence-corrected chi connectivity index (χ2v) is 11.8. The second-order valence-electron chi connectivity index (χ2n) is 11.8. The van der Waals surface area contributed by atoms with Crippen LogP contribution in [0.1, 0.15) is 69.4 Å². The highest BCUT2D eigenvalue weighted by Gasteiger charge is 2.44. The quantitative estimate of drug-likeness (QED) is 0.375. The molecule has 2 saturated heterocycles. The Balaban J connectivity index is 0.000000908. The van der Waals surface area contributed by atoms with E-state index in [-0.39, 0.29) is 17.5 Å². The fraction of sp³-hybridized carbons (Fsp3) is 0.457. The summed E-state index contributed by atoms with van der Waals surface area (Å²) in [5.41, 5.74) is 0.0147. The van der Waals surface area contributed by atoms with Gasteiger partial charge in [0.05, 0.1) is 11.2 Å². The molecule has 2 aromatic carbocycles. The largest absolute Gasteiger partial charge is 0.457 e. The van der Waals surface area contributed by atoms with Crippen molar-refractivity contribution in [2.75, 3.05) is 36.1 Å². The fourth-order valence-corrected chi connectivity index (χ4v) is 5.89. The third-order valence-corrected chi connectivity index (χ3v) is 8.11. The van der Waals surface area contributed by atoms with Crippen LogP contribution >= 0.6 is 0 Å². The van der Waals surface area contributed by atoms with Gasteiger partial charge in [-0.25, -0.2) is 0 Å². The van der Waals surface area contributed by atoms with Crippen LogP contribution in [0.2, 0.25) is 0 Å². The number of nitrogens with zero attached hydrogens (tertiary/aromatic N) is 3. The summed E-state index contributed by atoms with van der Waals surface area (Å²) in [6, 6.07) is 17.1. The average Bonchev–Trinajstić information content (AvgIpc) is 3.17. The molecule has 1 aromatic heterocycles. The molecule has 4 heterocycles. The summed E-state index contributed by atoms with van der Waals surface area (Å²) < 4.78 is 11.3. The molecule has 3 aliphatic rings. The van der Waals surface area contributed by atoms with Gasteiger partial charge in [0.2, 0.25) is 0 Å². The number of anilines is 2. The normalized spacial score (nSPS) is 18.5. The number of carbonyl (C=O) groups is 2. The molecule has 0 saturated carbocycles. The average molecular weight is 622 g/mol. The third-order valence-electron chi connectivity index (χ3n) is 8.11. The van der Waals surface area contributed by atoms with Crippen LogP contribution in [0, 0.1) is 5.41 Å². The van der Waals surface area contributed by atoms with E-state index >= 15 is 0 Å². The maximum atomic E-state index is 13.8. The molecule has 46 heavy (non-hydrogen) atoms. The van der Waals surface area contributed by atoms with Gasteiger partial charge in [-0.3, -0.25) is 19.5 Å². The van der Waals surface area contributed by atoms with Crippen LogP contribution in [0.5, 0.6) is 11.5 Å². The van der Waals surface area contributed by atoms with E-state index in [1.54, 1.807) is 18.2 Å². The van der Waals surface area contributed by atoms with Crippen molar-refractivity contribution in [2.24, 2.45) is 5.41 Å². The lowest BCUT2D eigenvalue weighted by Crippen LogP contribution is -2.59. The summed E-state index contributed by atoms with van der Waals surface area (Å²) in [5, 5.41) is 13.5. The molecular formula is C35H44B2N4O5. The molecular weight excluding hydrogens is 578 g/mol. The summed E-state index contributed by atoms with van der Waals surface area (Å²) in [6.07, 6.45) is 5.52. The smallest absolute Gasteiger partial charge is 0.270 e. The molecule has 2 N–H and O–H groups in total. The summed E-state index contributed by atoms with van der Waals surface area (Å²) in [7, 11) is 11.9. The molecule has 6 rings (SSSR count). The van der Waals surface area contributed by atoms with Crippen molar-refractivity contribution in [1.82, 2.24) is 10.3 Å². The zero-order chi connectivity index (χ0) is 33.3. The Kier molecular flexibility index (Phi) is 11.9. The number of para-hydroxylation sites is 1. The Morgan fingerprint density at radius 2 is 1.74 bits per heavy atom. The van der Waals surface area contributed by atoms with E-state index in [4.69, 9.17) is 25.2 Å². The lowest BCUT2D eigenvalue weighted by molar-refractivity contribution is -0.122. The first kappa shape index (κ1) is 35.0. The van der Waals surface area contributed by atoms with Crippen LogP contribution in [0.3, 0.4) is 0 Å². The zero-order valence-corrected chi connectivity index (χ0v) is 27.4. The van der Waals surface area contributed by atoms with E-state index in [1.165, 1.54) is 18.7 Å². The van der Waals surface area contributed by atoms with Crippen LogP contribution in [0.4, 0.5) is 11.4 Å². The fourth-order valence-electron chi connectivity index (χ4n) is 5.89. The highest BCUT2D eigenvalue weighted by molar-refractivity contribution is 6.42. The molecule has 1 atom stereocenters. The van der Waals surface area contributed by atoms with E-state index in [2.05, 4.69) is 29.0 Å². The number of benzene rings is 2. The van der Waals surface area contributed by atoms with Crippen molar-refractivity contribution < 1.29 is 24.2 Å². The van der Waals surface area contributed by atoms with Gasteiger partial charge in [-0.2, -0.15) is 0 Å². The summed E-state index contributed by atoms with van der Waals surface area (Å²) in [4.78, 5) is 34.3. The van der Waals surface area contributed by atoms with Gasteiger partial charge >= 0.3 is 0 Å². The van der Waals surface area contributed by atoms with Crippen LogP contribution < -0.4 is 19.9 Å². The number of hydrogen-bond donors (Lipinski definition) is 2. The molecule has 3 aliphatic heterocycles. The molecule has 0 aliphatic carbocycles. The van der Waals surface area contributed by atoms with Crippen molar-refractivity contribution in [3.8, 4) is 11.5 Å². The number of nitrogens with one attached hydrogen (secondary N) is 1. The number of amides is 2. The summed E-state index contributed by atoms with van der Waals surface area (Å²) in [6.45, 7) is 11.6. The zero-order valence-electron chi connectivity index (χ0n) is 27.4. The molecule has 2 amide bonds. The molecule has 1 unspecified atom stereocenters. The molecule has 1 spiro atoms. The van der Waals surface area contributed by atoms with Crippen molar-refractivity contribution in [1.29, 1.82) is 0 Å². The van der Waals surface area contributed by atoms with E-state index in [0.717, 1.165) is 55.3 Å². The lowest BCUT2D eigenvalue weighted by atomic mass is 9.71. The van der Waals surface area contributed by atoms with Gasteiger partial charge in [-0.15, -0.1) is 0 Å². The Hall–Kier alpha value is -3.82. The Labute approximate surface area is 275 Å².